The van der Waals surface area contributed by atoms with E-state index in [9.17, 15) is 4.79 Å². The number of anilines is 1. The molecule has 2 aromatic heterocycles. The number of hydrogen-bond acceptors (Lipinski definition) is 4. The lowest BCUT2D eigenvalue weighted by atomic mass is 10.2. The Hall–Kier alpha value is -2.18. The van der Waals surface area contributed by atoms with Gasteiger partial charge in [-0.25, -0.2) is 4.98 Å². The topological polar surface area (TPSA) is 50.8 Å². The first-order chi connectivity index (χ1) is 11.6. The average molecular weight is 344 g/mol. The smallest absolute Gasteiger partial charge is 0.295 e. The van der Waals surface area contributed by atoms with Gasteiger partial charge in [0.05, 0.1) is 43.7 Å². The highest BCUT2D eigenvalue weighted by atomic mass is 32.1. The lowest BCUT2D eigenvalue weighted by Crippen LogP contribution is -3.06. The number of likely N-dealkylation sites (N-methyl/N-ethyl adjacent to an activating group) is 1. The van der Waals surface area contributed by atoms with Crippen LogP contribution in [0.5, 0.6) is 0 Å². The zero-order valence-electron chi connectivity index (χ0n) is 14.2. The minimum absolute atomic E-state index is 0.143. The van der Waals surface area contributed by atoms with Crippen molar-refractivity contribution in [3.8, 4) is 0 Å². The highest BCUT2D eigenvalue weighted by molar-refractivity contribution is 7.22. The Kier molecular flexibility index (Phi) is 4.97. The highest BCUT2D eigenvalue weighted by Gasteiger charge is 2.24. The van der Waals surface area contributed by atoms with E-state index < -0.39 is 0 Å². The van der Waals surface area contributed by atoms with E-state index in [4.69, 9.17) is 4.42 Å². The molecule has 5 nitrogen and oxygen atoms in total. The summed E-state index contributed by atoms with van der Waals surface area (Å²) in [6.07, 6.45) is 2.51. The van der Waals surface area contributed by atoms with E-state index in [1.165, 1.54) is 16.7 Å². The minimum Gasteiger partial charge on any atom is -0.459 e. The van der Waals surface area contributed by atoms with Crippen LogP contribution >= 0.6 is 11.3 Å². The molecule has 0 aliphatic heterocycles. The van der Waals surface area contributed by atoms with Gasteiger partial charge in [0.25, 0.3) is 5.91 Å². The lowest BCUT2D eigenvalue weighted by Gasteiger charge is -2.19. The third-order valence-corrected chi connectivity index (χ3v) is 4.93. The van der Waals surface area contributed by atoms with Crippen LogP contribution in [0.2, 0.25) is 0 Å². The number of nitrogens with one attached hydrogen (secondary N) is 1. The number of fused-ring (bicyclic) bond motifs is 1. The fourth-order valence-electron chi connectivity index (χ4n) is 2.44. The predicted octanol–water partition coefficient (Wildman–Crippen LogP) is 2.24. The molecule has 0 fully saturated rings. The van der Waals surface area contributed by atoms with Crippen LogP contribution in [0.3, 0.4) is 0 Å². The Labute approximate surface area is 145 Å². The molecule has 0 bridgehead atoms. The summed E-state index contributed by atoms with van der Waals surface area (Å²) in [4.78, 5) is 20.5. The molecule has 0 aliphatic rings. The van der Waals surface area contributed by atoms with Gasteiger partial charge in [0, 0.05) is 0 Å². The molecule has 1 amide bonds. The molecule has 3 rings (SSSR count). The Morgan fingerprint density at radius 2 is 2.17 bits per heavy atom. The monoisotopic (exact) mass is 344 g/mol. The zero-order chi connectivity index (χ0) is 17.1. The number of rotatable bonds is 6. The number of thiazole rings is 1. The molecule has 0 aliphatic carbocycles. The number of hydrogen-bond donors (Lipinski definition) is 1. The van der Waals surface area contributed by atoms with Crippen molar-refractivity contribution in [3.05, 3.63) is 47.9 Å². The van der Waals surface area contributed by atoms with E-state index in [0.717, 1.165) is 28.3 Å². The largest absolute Gasteiger partial charge is 0.459 e. The maximum absolute atomic E-state index is 12.8. The summed E-state index contributed by atoms with van der Waals surface area (Å²) in [7, 11) is 4.14. The third kappa shape index (κ3) is 3.49. The highest BCUT2D eigenvalue weighted by Crippen LogP contribution is 2.30. The second kappa shape index (κ2) is 7.15. The fourth-order valence-corrected chi connectivity index (χ4v) is 3.50. The van der Waals surface area contributed by atoms with E-state index in [2.05, 4.69) is 38.1 Å². The van der Waals surface area contributed by atoms with Crippen molar-refractivity contribution in [2.75, 3.05) is 32.1 Å². The van der Waals surface area contributed by atoms with Crippen molar-refractivity contribution < 1.29 is 14.1 Å². The number of nitrogens with zero attached hydrogens (tertiary/aromatic N) is 2. The molecule has 0 saturated heterocycles. The van der Waals surface area contributed by atoms with Gasteiger partial charge in [0.2, 0.25) is 0 Å². The molecule has 2 heterocycles. The molecular formula is C18H22N3O2S+. The van der Waals surface area contributed by atoms with Crippen LogP contribution < -0.4 is 9.80 Å². The van der Waals surface area contributed by atoms with E-state index >= 15 is 0 Å². The summed E-state index contributed by atoms with van der Waals surface area (Å²) in [5.41, 5.74) is 2.21. The number of carbonyl (C=O) groups excluding carboxylic acids is 1. The van der Waals surface area contributed by atoms with Gasteiger partial charge in [-0.3, -0.25) is 9.69 Å². The standard InChI is InChI=1S/C18H21N3O2S/c1-4-13-7-8-14-16(12-13)24-18(19-14)21(10-9-20(2)3)17(22)15-6-5-11-23-15/h5-8,11-12H,4,9-10H2,1-3H3/p+1. The molecule has 0 spiro atoms. The van der Waals surface area contributed by atoms with Gasteiger partial charge in [-0.05, 0) is 36.2 Å². The van der Waals surface area contributed by atoms with Crippen LogP contribution in [0.4, 0.5) is 5.13 Å². The van der Waals surface area contributed by atoms with E-state index in [1.54, 1.807) is 28.4 Å². The van der Waals surface area contributed by atoms with Gasteiger partial charge in [-0.1, -0.05) is 24.3 Å². The van der Waals surface area contributed by atoms with Gasteiger partial charge in [-0.15, -0.1) is 0 Å². The number of amides is 1. The number of benzene rings is 1. The molecule has 0 radical (unpaired) electrons. The summed E-state index contributed by atoms with van der Waals surface area (Å²) < 4.78 is 6.40. The van der Waals surface area contributed by atoms with E-state index in [1.807, 2.05) is 6.07 Å². The van der Waals surface area contributed by atoms with Gasteiger partial charge in [0.1, 0.15) is 0 Å². The summed E-state index contributed by atoms with van der Waals surface area (Å²) in [6.45, 7) is 3.57. The van der Waals surface area contributed by atoms with Crippen molar-refractivity contribution >= 4 is 32.6 Å². The van der Waals surface area contributed by atoms with Gasteiger partial charge >= 0.3 is 0 Å². The molecule has 1 aromatic carbocycles. The van der Waals surface area contributed by atoms with Crippen molar-refractivity contribution in [1.29, 1.82) is 0 Å². The molecule has 0 unspecified atom stereocenters. The lowest BCUT2D eigenvalue weighted by molar-refractivity contribution is -0.856. The van der Waals surface area contributed by atoms with Gasteiger partial charge in [0.15, 0.2) is 10.9 Å². The second-order valence-electron chi connectivity index (χ2n) is 6.04. The van der Waals surface area contributed by atoms with Gasteiger partial charge < -0.3 is 9.32 Å². The van der Waals surface area contributed by atoms with Gasteiger partial charge in [-0.2, -0.15) is 0 Å². The molecule has 3 aromatic rings. The average Bonchev–Trinajstić information content (AvgIpc) is 3.23. The molecule has 126 valence electrons. The van der Waals surface area contributed by atoms with Crippen molar-refractivity contribution in [3.63, 3.8) is 0 Å². The first kappa shape index (κ1) is 16.7. The first-order valence-corrected chi connectivity index (χ1v) is 8.94. The summed E-state index contributed by atoms with van der Waals surface area (Å²) in [5, 5.41) is 0.723. The Balaban J connectivity index is 1.96. The van der Waals surface area contributed by atoms with E-state index in [-0.39, 0.29) is 5.91 Å². The summed E-state index contributed by atoms with van der Waals surface area (Å²) >= 11 is 1.56. The van der Waals surface area contributed by atoms with Crippen LogP contribution in [0.25, 0.3) is 10.2 Å². The number of quaternary nitrogens is 1. The third-order valence-electron chi connectivity index (χ3n) is 3.89. The molecular weight excluding hydrogens is 322 g/mol. The molecule has 6 heteroatoms. The Bertz CT molecular complexity index is 824. The van der Waals surface area contributed by atoms with Crippen LogP contribution in [0, 0.1) is 0 Å². The van der Waals surface area contributed by atoms with Crippen LogP contribution in [0.1, 0.15) is 23.0 Å². The molecule has 1 N–H and O–H groups in total. The van der Waals surface area contributed by atoms with E-state index in [0.29, 0.717) is 12.3 Å². The number of aromatic nitrogens is 1. The Morgan fingerprint density at radius 3 is 2.83 bits per heavy atom. The van der Waals surface area contributed by atoms with Crippen molar-refractivity contribution in [2.24, 2.45) is 0 Å². The SMILES string of the molecule is CCc1ccc2nc(N(CC[NH+](C)C)C(=O)c3ccco3)sc2c1. The predicted molar refractivity (Wildman–Crippen MR) is 97.1 cm³/mol. The second-order valence-corrected chi connectivity index (χ2v) is 7.05. The fraction of sp³-hybridized carbons (Fsp3) is 0.333. The van der Waals surface area contributed by atoms with Crippen LogP contribution in [0.15, 0.2) is 41.0 Å². The Morgan fingerprint density at radius 1 is 1.33 bits per heavy atom. The quantitative estimate of drug-likeness (QED) is 0.746. The maximum Gasteiger partial charge on any atom is 0.295 e. The number of carbonyl (C=O) groups is 1. The molecule has 0 saturated carbocycles. The molecule has 0 atom stereocenters. The van der Waals surface area contributed by atoms with Crippen LogP contribution in [-0.4, -0.2) is 38.1 Å². The maximum atomic E-state index is 12.8. The van der Waals surface area contributed by atoms with Crippen molar-refractivity contribution in [1.82, 2.24) is 4.98 Å². The number of aryl methyl sites for hydroxylation is 1. The normalized spacial score (nSPS) is 11.3. The summed E-state index contributed by atoms with van der Waals surface area (Å²) in [5.74, 6) is 0.202. The van der Waals surface area contributed by atoms with Crippen LogP contribution in [-0.2, 0) is 6.42 Å². The summed E-state index contributed by atoms with van der Waals surface area (Å²) in [6, 6.07) is 9.70. The first-order valence-electron chi connectivity index (χ1n) is 8.12. The number of furan rings is 1. The molecule has 24 heavy (non-hydrogen) atoms. The van der Waals surface area contributed by atoms with Crippen molar-refractivity contribution in [2.45, 2.75) is 13.3 Å². The zero-order valence-corrected chi connectivity index (χ0v) is 15.0. The minimum atomic E-state index is -0.143.